The van der Waals surface area contributed by atoms with Gasteiger partial charge in [0.05, 0.1) is 14.2 Å². The summed E-state index contributed by atoms with van der Waals surface area (Å²) >= 11 is 0. The predicted octanol–water partition coefficient (Wildman–Crippen LogP) is 3.77. The van der Waals surface area contributed by atoms with Gasteiger partial charge in [-0.15, -0.1) is 0 Å². The molecule has 1 amide bonds. The van der Waals surface area contributed by atoms with Crippen molar-refractivity contribution in [2.75, 3.05) is 19.5 Å². The zero-order valence-electron chi connectivity index (χ0n) is 16.8. The first-order valence-electron chi connectivity index (χ1n) is 9.27. The van der Waals surface area contributed by atoms with Crippen molar-refractivity contribution in [3.8, 4) is 11.5 Å². The maximum absolute atomic E-state index is 12.3. The van der Waals surface area contributed by atoms with Gasteiger partial charge in [0.15, 0.2) is 17.6 Å². The number of methoxy groups -OCH3 is 2. The van der Waals surface area contributed by atoms with Gasteiger partial charge in [0.25, 0.3) is 5.91 Å². The second kappa shape index (κ2) is 10.3. The first kappa shape index (κ1) is 21.3. The van der Waals surface area contributed by atoms with Crippen molar-refractivity contribution >= 4 is 17.6 Å². The van der Waals surface area contributed by atoms with Gasteiger partial charge in [0.1, 0.15) is 0 Å². The standard InChI is InChI=1S/C22H27NO5/c1-5-16-6-8-17(9-7-16)10-13-21(24)28-15(2)22(25)23-18-11-12-19(26-3)20(14-18)27-4/h6-9,11-12,14-15H,5,10,13H2,1-4H3,(H,23,25)/t15-/m1/s1. The highest BCUT2D eigenvalue weighted by atomic mass is 16.5. The zero-order chi connectivity index (χ0) is 20.5. The van der Waals surface area contributed by atoms with E-state index >= 15 is 0 Å². The van der Waals surface area contributed by atoms with Crippen molar-refractivity contribution in [3.05, 3.63) is 53.6 Å². The van der Waals surface area contributed by atoms with Crippen LogP contribution < -0.4 is 14.8 Å². The number of ether oxygens (including phenoxy) is 3. The lowest BCUT2D eigenvalue weighted by atomic mass is 10.1. The number of hydrogen-bond donors (Lipinski definition) is 1. The Hall–Kier alpha value is -3.02. The SMILES string of the molecule is CCc1ccc(CCC(=O)O[C@H](C)C(=O)Nc2ccc(OC)c(OC)c2)cc1. The highest BCUT2D eigenvalue weighted by Gasteiger charge is 2.18. The molecule has 0 aliphatic heterocycles. The van der Waals surface area contributed by atoms with Gasteiger partial charge in [-0.25, -0.2) is 0 Å². The molecule has 0 fully saturated rings. The molecule has 6 nitrogen and oxygen atoms in total. The van der Waals surface area contributed by atoms with Gasteiger partial charge in [0, 0.05) is 18.2 Å². The van der Waals surface area contributed by atoms with Crippen LogP contribution in [0.15, 0.2) is 42.5 Å². The Labute approximate surface area is 165 Å². The molecule has 2 rings (SSSR count). The topological polar surface area (TPSA) is 73.9 Å². The lowest BCUT2D eigenvalue weighted by Crippen LogP contribution is -2.30. The van der Waals surface area contributed by atoms with Crippen molar-refractivity contribution in [2.24, 2.45) is 0 Å². The molecule has 0 aliphatic carbocycles. The summed E-state index contributed by atoms with van der Waals surface area (Å²) in [4.78, 5) is 24.3. The van der Waals surface area contributed by atoms with E-state index in [1.54, 1.807) is 25.1 Å². The largest absolute Gasteiger partial charge is 0.493 e. The van der Waals surface area contributed by atoms with Crippen LogP contribution in [0.3, 0.4) is 0 Å². The molecular formula is C22H27NO5. The van der Waals surface area contributed by atoms with E-state index in [2.05, 4.69) is 24.4 Å². The Kier molecular flexibility index (Phi) is 7.87. The highest BCUT2D eigenvalue weighted by molar-refractivity contribution is 5.95. The number of amides is 1. The molecule has 2 aromatic carbocycles. The van der Waals surface area contributed by atoms with Crippen molar-refractivity contribution in [3.63, 3.8) is 0 Å². The molecule has 0 aliphatic rings. The van der Waals surface area contributed by atoms with E-state index in [1.165, 1.54) is 19.8 Å². The minimum atomic E-state index is -0.900. The summed E-state index contributed by atoms with van der Waals surface area (Å²) in [6.45, 7) is 3.64. The van der Waals surface area contributed by atoms with Gasteiger partial charge in [-0.1, -0.05) is 31.2 Å². The van der Waals surface area contributed by atoms with Crippen LogP contribution in [0.4, 0.5) is 5.69 Å². The summed E-state index contributed by atoms with van der Waals surface area (Å²) < 4.78 is 15.6. The summed E-state index contributed by atoms with van der Waals surface area (Å²) in [5.41, 5.74) is 2.85. The smallest absolute Gasteiger partial charge is 0.306 e. The number of aryl methyl sites for hydroxylation is 2. The molecule has 0 saturated carbocycles. The van der Waals surface area contributed by atoms with Crippen LogP contribution in [0.5, 0.6) is 11.5 Å². The number of hydrogen-bond acceptors (Lipinski definition) is 5. The Morgan fingerprint density at radius 2 is 1.61 bits per heavy atom. The Morgan fingerprint density at radius 1 is 0.964 bits per heavy atom. The molecule has 0 saturated heterocycles. The lowest BCUT2D eigenvalue weighted by Gasteiger charge is -2.15. The van der Waals surface area contributed by atoms with Crippen molar-refractivity contribution < 1.29 is 23.8 Å². The average molecular weight is 385 g/mol. The number of carbonyl (C=O) groups is 2. The Bertz CT molecular complexity index is 801. The molecule has 1 N–H and O–H groups in total. The van der Waals surface area contributed by atoms with E-state index in [0.717, 1.165) is 12.0 Å². The van der Waals surface area contributed by atoms with Gasteiger partial charge in [-0.2, -0.15) is 0 Å². The molecule has 28 heavy (non-hydrogen) atoms. The number of nitrogens with one attached hydrogen (secondary N) is 1. The van der Waals surface area contributed by atoms with Gasteiger partial charge in [-0.3, -0.25) is 9.59 Å². The number of rotatable bonds is 9. The molecular weight excluding hydrogens is 358 g/mol. The molecule has 0 aromatic heterocycles. The highest BCUT2D eigenvalue weighted by Crippen LogP contribution is 2.29. The van der Waals surface area contributed by atoms with Gasteiger partial charge in [0.2, 0.25) is 0 Å². The van der Waals surface area contributed by atoms with E-state index in [0.29, 0.717) is 23.6 Å². The fourth-order valence-electron chi connectivity index (χ4n) is 2.66. The van der Waals surface area contributed by atoms with E-state index in [4.69, 9.17) is 14.2 Å². The monoisotopic (exact) mass is 385 g/mol. The fourth-order valence-corrected chi connectivity index (χ4v) is 2.66. The minimum absolute atomic E-state index is 0.222. The molecule has 0 radical (unpaired) electrons. The summed E-state index contributed by atoms with van der Waals surface area (Å²) in [6.07, 6.45) is 0.879. The van der Waals surface area contributed by atoms with E-state index < -0.39 is 18.0 Å². The Balaban J connectivity index is 1.84. The van der Waals surface area contributed by atoms with Crippen LogP contribution in [-0.4, -0.2) is 32.2 Å². The third-order valence-corrected chi connectivity index (χ3v) is 4.38. The second-order valence-corrected chi connectivity index (χ2v) is 6.36. The third-order valence-electron chi connectivity index (χ3n) is 4.38. The molecule has 0 unspecified atom stereocenters. The number of carbonyl (C=O) groups excluding carboxylic acids is 2. The van der Waals surface area contributed by atoms with E-state index in [-0.39, 0.29) is 6.42 Å². The lowest BCUT2D eigenvalue weighted by molar-refractivity contribution is -0.153. The molecule has 6 heteroatoms. The van der Waals surface area contributed by atoms with Crippen LogP contribution in [0.1, 0.15) is 31.4 Å². The van der Waals surface area contributed by atoms with E-state index in [9.17, 15) is 9.59 Å². The fraction of sp³-hybridized carbons (Fsp3) is 0.364. The van der Waals surface area contributed by atoms with Gasteiger partial charge < -0.3 is 19.5 Å². The van der Waals surface area contributed by atoms with Crippen LogP contribution in [-0.2, 0) is 27.2 Å². The number of esters is 1. The van der Waals surface area contributed by atoms with Crippen molar-refractivity contribution in [1.82, 2.24) is 0 Å². The van der Waals surface area contributed by atoms with Gasteiger partial charge in [-0.05, 0) is 43.0 Å². The minimum Gasteiger partial charge on any atom is -0.493 e. The molecule has 0 heterocycles. The normalized spacial score (nSPS) is 11.4. The quantitative estimate of drug-likeness (QED) is 0.665. The molecule has 0 bridgehead atoms. The van der Waals surface area contributed by atoms with Crippen molar-refractivity contribution in [1.29, 1.82) is 0 Å². The van der Waals surface area contributed by atoms with Crippen LogP contribution in [0.2, 0.25) is 0 Å². The Morgan fingerprint density at radius 3 is 2.21 bits per heavy atom. The summed E-state index contributed by atoms with van der Waals surface area (Å²) in [5, 5.41) is 2.71. The first-order chi connectivity index (χ1) is 13.5. The zero-order valence-corrected chi connectivity index (χ0v) is 16.8. The molecule has 1 atom stereocenters. The molecule has 150 valence electrons. The van der Waals surface area contributed by atoms with Crippen molar-refractivity contribution in [2.45, 2.75) is 39.2 Å². The van der Waals surface area contributed by atoms with E-state index in [1.807, 2.05) is 12.1 Å². The average Bonchev–Trinajstić information content (AvgIpc) is 2.72. The summed E-state index contributed by atoms with van der Waals surface area (Å²) in [7, 11) is 3.06. The van der Waals surface area contributed by atoms with Crippen LogP contribution >= 0.6 is 0 Å². The predicted molar refractivity (Wildman–Crippen MR) is 108 cm³/mol. The summed E-state index contributed by atoms with van der Waals surface area (Å²) in [6, 6.07) is 13.2. The van der Waals surface area contributed by atoms with Gasteiger partial charge >= 0.3 is 5.97 Å². The maximum Gasteiger partial charge on any atom is 0.306 e. The molecule has 2 aromatic rings. The third kappa shape index (κ3) is 6.01. The number of benzene rings is 2. The second-order valence-electron chi connectivity index (χ2n) is 6.36. The van der Waals surface area contributed by atoms with Crippen LogP contribution in [0.25, 0.3) is 0 Å². The molecule has 0 spiro atoms. The first-order valence-corrected chi connectivity index (χ1v) is 9.27. The number of anilines is 1. The van der Waals surface area contributed by atoms with Crippen LogP contribution in [0, 0.1) is 0 Å². The summed E-state index contributed by atoms with van der Waals surface area (Å²) in [5.74, 6) is 0.244. The maximum atomic E-state index is 12.3.